The highest BCUT2D eigenvalue weighted by atomic mass is 32.1. The van der Waals surface area contributed by atoms with Crippen LogP contribution in [0.25, 0.3) is 0 Å². The third-order valence-corrected chi connectivity index (χ3v) is 4.84. The topological polar surface area (TPSA) is 69.0 Å². The molecule has 1 N–H and O–H groups in total. The van der Waals surface area contributed by atoms with Gasteiger partial charge in [0.05, 0.1) is 24.8 Å². The van der Waals surface area contributed by atoms with Crippen molar-refractivity contribution in [3.8, 4) is 0 Å². The summed E-state index contributed by atoms with van der Waals surface area (Å²) < 4.78 is 7.20. The Morgan fingerprint density at radius 1 is 1.59 bits per heavy atom. The number of carbonyl (C=O) groups is 1. The van der Waals surface area contributed by atoms with E-state index in [2.05, 4.69) is 19.9 Å². The monoisotopic (exact) mass is 320 g/mol. The first-order chi connectivity index (χ1) is 10.7. The van der Waals surface area contributed by atoms with Gasteiger partial charge >= 0.3 is 0 Å². The van der Waals surface area contributed by atoms with Gasteiger partial charge in [0.25, 0.3) is 0 Å². The average molecular weight is 320 g/mol. The highest BCUT2D eigenvalue weighted by molar-refractivity contribution is 7.09. The van der Waals surface area contributed by atoms with E-state index in [-0.39, 0.29) is 11.8 Å². The lowest BCUT2D eigenvalue weighted by Gasteiger charge is -2.24. The Hall–Kier alpha value is -1.73. The molecule has 1 atom stereocenters. The number of thiazole rings is 1. The molecule has 118 valence electrons. The summed E-state index contributed by atoms with van der Waals surface area (Å²) in [6.07, 6.45) is 3.70. The van der Waals surface area contributed by atoms with Crippen molar-refractivity contribution in [3.63, 3.8) is 0 Å². The van der Waals surface area contributed by atoms with Gasteiger partial charge in [-0.1, -0.05) is 0 Å². The van der Waals surface area contributed by atoms with Gasteiger partial charge < -0.3 is 14.6 Å². The Bertz CT molecular complexity index is 664. The van der Waals surface area contributed by atoms with Gasteiger partial charge in [0, 0.05) is 30.9 Å². The van der Waals surface area contributed by atoms with Crippen molar-refractivity contribution in [1.29, 1.82) is 0 Å². The Balaban J connectivity index is 1.55. The SMILES string of the molecule is COCc1nc(CNC(=O)C2CCc3cnc(C)n3C2)cs1. The summed E-state index contributed by atoms with van der Waals surface area (Å²) in [7, 11) is 1.65. The Morgan fingerprint density at radius 2 is 2.45 bits per heavy atom. The van der Waals surface area contributed by atoms with Crippen molar-refractivity contribution >= 4 is 17.2 Å². The third kappa shape index (κ3) is 3.20. The summed E-state index contributed by atoms with van der Waals surface area (Å²) in [6, 6.07) is 0. The number of hydrogen-bond donors (Lipinski definition) is 1. The first-order valence-corrected chi connectivity index (χ1v) is 8.26. The van der Waals surface area contributed by atoms with E-state index in [4.69, 9.17) is 4.74 Å². The molecule has 0 spiro atoms. The van der Waals surface area contributed by atoms with Gasteiger partial charge in [0.1, 0.15) is 10.8 Å². The molecule has 0 radical (unpaired) electrons. The maximum absolute atomic E-state index is 12.4. The Labute approximate surface area is 133 Å². The van der Waals surface area contributed by atoms with E-state index in [9.17, 15) is 4.79 Å². The smallest absolute Gasteiger partial charge is 0.225 e. The van der Waals surface area contributed by atoms with Gasteiger partial charge in [-0.25, -0.2) is 9.97 Å². The van der Waals surface area contributed by atoms with Crippen LogP contribution in [0.5, 0.6) is 0 Å². The molecule has 1 amide bonds. The number of nitrogens with zero attached hydrogens (tertiary/aromatic N) is 3. The van der Waals surface area contributed by atoms with Gasteiger partial charge in [-0.05, 0) is 19.8 Å². The third-order valence-electron chi connectivity index (χ3n) is 3.97. The fourth-order valence-corrected chi connectivity index (χ4v) is 3.52. The van der Waals surface area contributed by atoms with Crippen LogP contribution in [0.1, 0.15) is 28.6 Å². The highest BCUT2D eigenvalue weighted by Crippen LogP contribution is 2.21. The summed E-state index contributed by atoms with van der Waals surface area (Å²) in [5, 5.41) is 5.90. The lowest BCUT2D eigenvalue weighted by atomic mass is 9.97. The molecule has 1 aliphatic heterocycles. The van der Waals surface area contributed by atoms with Crippen LogP contribution in [0.15, 0.2) is 11.6 Å². The quantitative estimate of drug-likeness (QED) is 0.910. The molecular weight excluding hydrogens is 300 g/mol. The van der Waals surface area contributed by atoms with E-state index < -0.39 is 0 Å². The number of methoxy groups -OCH3 is 1. The molecule has 3 rings (SSSR count). The number of nitrogens with one attached hydrogen (secondary N) is 1. The molecule has 0 aliphatic carbocycles. The Morgan fingerprint density at radius 3 is 3.27 bits per heavy atom. The summed E-state index contributed by atoms with van der Waals surface area (Å²) in [5.41, 5.74) is 2.12. The molecule has 3 heterocycles. The largest absolute Gasteiger partial charge is 0.378 e. The van der Waals surface area contributed by atoms with Crippen LogP contribution in [0.3, 0.4) is 0 Å². The fourth-order valence-electron chi connectivity index (χ4n) is 2.75. The van der Waals surface area contributed by atoms with Crippen LogP contribution < -0.4 is 5.32 Å². The molecule has 0 saturated heterocycles. The molecule has 0 saturated carbocycles. The van der Waals surface area contributed by atoms with Crippen LogP contribution in [0.4, 0.5) is 0 Å². The van der Waals surface area contributed by atoms with E-state index >= 15 is 0 Å². The molecule has 0 bridgehead atoms. The summed E-state index contributed by atoms with van der Waals surface area (Å²) in [5.74, 6) is 1.09. The molecule has 1 aliphatic rings. The zero-order valence-electron chi connectivity index (χ0n) is 12.8. The standard InChI is InChI=1S/C15H20N4O2S/c1-10-16-6-13-4-3-11(7-19(10)13)15(20)17-5-12-9-22-14(18-12)8-21-2/h6,9,11H,3-5,7-8H2,1-2H3,(H,17,20). The predicted octanol–water partition coefficient (Wildman–Crippen LogP) is 1.67. The zero-order chi connectivity index (χ0) is 15.5. The van der Waals surface area contributed by atoms with Crippen molar-refractivity contribution in [2.24, 2.45) is 5.92 Å². The van der Waals surface area contributed by atoms with E-state index in [0.29, 0.717) is 13.2 Å². The summed E-state index contributed by atoms with van der Waals surface area (Å²) in [6.45, 7) is 3.70. The van der Waals surface area contributed by atoms with Crippen LogP contribution >= 0.6 is 11.3 Å². The lowest BCUT2D eigenvalue weighted by molar-refractivity contribution is -0.126. The molecule has 7 heteroatoms. The number of fused-ring (bicyclic) bond motifs is 1. The van der Waals surface area contributed by atoms with E-state index in [1.807, 2.05) is 18.5 Å². The van der Waals surface area contributed by atoms with E-state index in [1.165, 1.54) is 5.69 Å². The van der Waals surface area contributed by atoms with Crippen molar-refractivity contribution in [1.82, 2.24) is 19.9 Å². The average Bonchev–Trinajstić information content (AvgIpc) is 3.12. The van der Waals surface area contributed by atoms with Crippen LogP contribution in [0, 0.1) is 12.8 Å². The number of hydrogen-bond acceptors (Lipinski definition) is 5. The second-order valence-electron chi connectivity index (χ2n) is 5.53. The number of aryl methyl sites for hydroxylation is 2. The Kier molecular flexibility index (Phi) is 4.54. The minimum atomic E-state index is 0.0116. The van der Waals surface area contributed by atoms with E-state index in [0.717, 1.165) is 35.9 Å². The first-order valence-electron chi connectivity index (χ1n) is 7.38. The second-order valence-corrected chi connectivity index (χ2v) is 6.47. The molecule has 2 aromatic rings. The molecule has 0 fully saturated rings. The number of amides is 1. The molecule has 6 nitrogen and oxygen atoms in total. The van der Waals surface area contributed by atoms with Crippen LogP contribution in [-0.2, 0) is 35.6 Å². The van der Waals surface area contributed by atoms with Crippen LogP contribution in [0.2, 0.25) is 0 Å². The maximum Gasteiger partial charge on any atom is 0.225 e. The number of carbonyl (C=O) groups excluding carboxylic acids is 1. The molecule has 22 heavy (non-hydrogen) atoms. The number of aromatic nitrogens is 3. The van der Waals surface area contributed by atoms with Gasteiger partial charge in [0.15, 0.2) is 0 Å². The minimum absolute atomic E-state index is 0.0116. The zero-order valence-corrected chi connectivity index (χ0v) is 13.7. The van der Waals surface area contributed by atoms with E-state index in [1.54, 1.807) is 18.4 Å². The normalized spacial score (nSPS) is 17.3. The predicted molar refractivity (Wildman–Crippen MR) is 83.4 cm³/mol. The summed E-state index contributed by atoms with van der Waals surface area (Å²) in [4.78, 5) is 21.1. The molecule has 0 aromatic carbocycles. The number of ether oxygens (including phenoxy) is 1. The maximum atomic E-state index is 12.4. The fraction of sp³-hybridized carbons (Fsp3) is 0.533. The van der Waals surface area contributed by atoms with Gasteiger partial charge in [-0.2, -0.15) is 0 Å². The first kappa shape index (κ1) is 15.2. The van der Waals surface area contributed by atoms with Crippen molar-refractivity contribution in [2.75, 3.05) is 7.11 Å². The second kappa shape index (κ2) is 6.58. The van der Waals surface area contributed by atoms with Crippen molar-refractivity contribution < 1.29 is 9.53 Å². The van der Waals surface area contributed by atoms with Gasteiger partial charge in [-0.3, -0.25) is 4.79 Å². The highest BCUT2D eigenvalue weighted by Gasteiger charge is 2.25. The van der Waals surface area contributed by atoms with Gasteiger partial charge in [-0.15, -0.1) is 11.3 Å². The number of imidazole rings is 1. The summed E-state index contributed by atoms with van der Waals surface area (Å²) >= 11 is 1.56. The molecule has 1 unspecified atom stereocenters. The van der Waals surface area contributed by atoms with Gasteiger partial charge in [0.2, 0.25) is 5.91 Å². The molecular formula is C15H20N4O2S. The number of rotatable bonds is 5. The lowest BCUT2D eigenvalue weighted by Crippen LogP contribution is -2.35. The minimum Gasteiger partial charge on any atom is -0.378 e. The van der Waals surface area contributed by atoms with Crippen molar-refractivity contribution in [3.05, 3.63) is 33.8 Å². The van der Waals surface area contributed by atoms with Crippen LogP contribution in [-0.4, -0.2) is 27.6 Å². The molecule has 2 aromatic heterocycles. The van der Waals surface area contributed by atoms with Crippen molar-refractivity contribution in [2.45, 2.75) is 39.5 Å².